The lowest BCUT2D eigenvalue weighted by molar-refractivity contribution is 0.0597. The average molecular weight is 188 g/mol. The molecule has 0 atom stereocenters. The van der Waals surface area contributed by atoms with Crippen molar-refractivity contribution in [3.63, 3.8) is 0 Å². The van der Waals surface area contributed by atoms with Crippen LogP contribution in [-0.2, 0) is 0 Å². The Morgan fingerprint density at radius 2 is 1.38 bits per heavy atom. The first-order chi connectivity index (χ1) is 5.97. The van der Waals surface area contributed by atoms with Gasteiger partial charge in [-0.05, 0) is 38.0 Å². The lowest BCUT2D eigenvalue weighted by atomic mass is 9.70. The van der Waals surface area contributed by atoms with Crippen LogP contribution in [0.5, 0.6) is 0 Å². The Kier molecular flexibility index (Phi) is 4.95. The van der Waals surface area contributed by atoms with E-state index < -0.39 is 5.67 Å². The van der Waals surface area contributed by atoms with Gasteiger partial charge in [0.2, 0.25) is 0 Å². The molecule has 0 aromatic heterocycles. The van der Waals surface area contributed by atoms with Crippen LogP contribution in [0.15, 0.2) is 0 Å². The molecule has 0 spiro atoms. The average Bonchev–Trinajstić information content (AvgIpc) is 2.14. The summed E-state index contributed by atoms with van der Waals surface area (Å²) in [5.74, 6) is 0. The Morgan fingerprint density at radius 3 is 1.69 bits per heavy atom. The zero-order valence-corrected chi connectivity index (χ0v) is 9.91. The fraction of sp³-hybridized carbons (Fsp3) is 1.00. The third-order valence-electron chi connectivity index (χ3n) is 3.35. The fourth-order valence-corrected chi connectivity index (χ4v) is 1.73. The standard InChI is InChI=1S/C10H19F.C2H6/c1-4-9(2)5-7-10(3,11)8-6-9;1-2/h4-8H2,1-3H3;1-2H3. The molecule has 0 nitrogen and oxygen atoms in total. The molecule has 1 aliphatic carbocycles. The molecule has 1 rings (SSSR count). The molecule has 0 saturated heterocycles. The molecule has 13 heavy (non-hydrogen) atoms. The van der Waals surface area contributed by atoms with Gasteiger partial charge in [-0.2, -0.15) is 0 Å². The largest absolute Gasteiger partial charge is 0.244 e. The van der Waals surface area contributed by atoms with E-state index in [9.17, 15) is 4.39 Å². The topological polar surface area (TPSA) is 0 Å². The summed E-state index contributed by atoms with van der Waals surface area (Å²) < 4.78 is 13.4. The minimum atomic E-state index is -0.866. The predicted molar refractivity (Wildman–Crippen MR) is 57.7 cm³/mol. The third kappa shape index (κ3) is 4.10. The van der Waals surface area contributed by atoms with Crippen molar-refractivity contribution in [3.8, 4) is 0 Å². The van der Waals surface area contributed by atoms with Gasteiger partial charge in [0.05, 0.1) is 0 Å². The van der Waals surface area contributed by atoms with Crippen molar-refractivity contribution in [2.45, 2.75) is 72.4 Å². The van der Waals surface area contributed by atoms with Crippen LogP contribution >= 0.6 is 0 Å². The maximum Gasteiger partial charge on any atom is 0.108 e. The second-order valence-electron chi connectivity index (χ2n) is 4.58. The van der Waals surface area contributed by atoms with Gasteiger partial charge < -0.3 is 0 Å². The minimum absolute atomic E-state index is 0.436. The maximum absolute atomic E-state index is 13.4. The zero-order valence-electron chi connectivity index (χ0n) is 9.91. The van der Waals surface area contributed by atoms with Crippen LogP contribution in [0.4, 0.5) is 4.39 Å². The van der Waals surface area contributed by atoms with E-state index in [1.807, 2.05) is 13.8 Å². The Labute approximate surface area is 82.9 Å². The minimum Gasteiger partial charge on any atom is -0.244 e. The van der Waals surface area contributed by atoms with Gasteiger partial charge in [-0.25, -0.2) is 4.39 Å². The van der Waals surface area contributed by atoms with Gasteiger partial charge in [0, 0.05) is 0 Å². The highest BCUT2D eigenvalue weighted by Crippen LogP contribution is 2.43. The zero-order chi connectivity index (χ0) is 10.5. The molecule has 0 amide bonds. The van der Waals surface area contributed by atoms with Crippen LogP contribution in [0.2, 0.25) is 0 Å². The molecule has 0 unspecified atom stereocenters. The Balaban J connectivity index is 0.000000671. The molecular formula is C12H25F. The summed E-state index contributed by atoms with van der Waals surface area (Å²) >= 11 is 0. The van der Waals surface area contributed by atoms with Crippen molar-refractivity contribution < 1.29 is 4.39 Å². The molecule has 0 bridgehead atoms. The number of hydrogen-bond acceptors (Lipinski definition) is 0. The number of hydrogen-bond donors (Lipinski definition) is 0. The molecule has 0 N–H and O–H groups in total. The summed E-state index contributed by atoms with van der Waals surface area (Å²) in [5, 5.41) is 0. The van der Waals surface area contributed by atoms with Crippen LogP contribution < -0.4 is 0 Å². The number of halogens is 1. The molecule has 1 aliphatic rings. The normalized spacial score (nSPS) is 39.2. The van der Waals surface area contributed by atoms with Crippen molar-refractivity contribution in [2.75, 3.05) is 0 Å². The monoisotopic (exact) mass is 188 g/mol. The van der Waals surface area contributed by atoms with Crippen LogP contribution in [0.25, 0.3) is 0 Å². The molecule has 0 radical (unpaired) electrons. The predicted octanol–water partition coefficient (Wildman–Crippen LogP) is 4.73. The van der Waals surface area contributed by atoms with E-state index in [2.05, 4.69) is 13.8 Å². The van der Waals surface area contributed by atoms with Gasteiger partial charge in [-0.1, -0.05) is 34.1 Å². The van der Waals surface area contributed by atoms with Gasteiger partial charge in [0.15, 0.2) is 0 Å². The van der Waals surface area contributed by atoms with Gasteiger partial charge >= 0.3 is 0 Å². The Morgan fingerprint density at radius 1 is 1.00 bits per heavy atom. The van der Waals surface area contributed by atoms with Crippen molar-refractivity contribution in [2.24, 2.45) is 5.41 Å². The van der Waals surface area contributed by atoms with Gasteiger partial charge in [0.1, 0.15) is 5.67 Å². The lowest BCUT2D eigenvalue weighted by Gasteiger charge is -2.38. The van der Waals surface area contributed by atoms with Crippen molar-refractivity contribution >= 4 is 0 Å². The van der Waals surface area contributed by atoms with Gasteiger partial charge in [0.25, 0.3) is 0 Å². The summed E-state index contributed by atoms with van der Waals surface area (Å²) in [5.41, 5.74) is -0.430. The Bertz CT molecular complexity index is 128. The summed E-state index contributed by atoms with van der Waals surface area (Å²) in [6.45, 7) is 10.2. The second-order valence-corrected chi connectivity index (χ2v) is 4.58. The molecule has 0 aromatic carbocycles. The molecule has 0 heterocycles. The maximum atomic E-state index is 13.4. The SMILES string of the molecule is CC.CCC1(C)CCC(C)(F)CC1. The molecule has 0 aromatic rings. The van der Waals surface area contributed by atoms with E-state index in [-0.39, 0.29) is 0 Å². The molecular weight excluding hydrogens is 163 g/mol. The lowest BCUT2D eigenvalue weighted by Crippen LogP contribution is -2.31. The van der Waals surface area contributed by atoms with E-state index in [4.69, 9.17) is 0 Å². The highest BCUT2D eigenvalue weighted by Gasteiger charge is 2.36. The van der Waals surface area contributed by atoms with Crippen LogP contribution in [0.1, 0.15) is 66.7 Å². The smallest absolute Gasteiger partial charge is 0.108 e. The van der Waals surface area contributed by atoms with Gasteiger partial charge in [-0.3, -0.25) is 0 Å². The summed E-state index contributed by atoms with van der Waals surface area (Å²) in [6, 6.07) is 0. The molecule has 1 fully saturated rings. The third-order valence-corrected chi connectivity index (χ3v) is 3.35. The summed E-state index contributed by atoms with van der Waals surface area (Å²) in [4.78, 5) is 0. The van der Waals surface area contributed by atoms with E-state index >= 15 is 0 Å². The van der Waals surface area contributed by atoms with Gasteiger partial charge in [-0.15, -0.1) is 0 Å². The van der Waals surface area contributed by atoms with Crippen molar-refractivity contribution in [1.82, 2.24) is 0 Å². The molecule has 80 valence electrons. The summed E-state index contributed by atoms with van der Waals surface area (Å²) in [7, 11) is 0. The fourth-order valence-electron chi connectivity index (χ4n) is 1.73. The number of alkyl halides is 1. The molecule has 1 saturated carbocycles. The van der Waals surface area contributed by atoms with Crippen LogP contribution in [-0.4, -0.2) is 5.67 Å². The molecule has 1 heteroatoms. The van der Waals surface area contributed by atoms with E-state index in [0.717, 1.165) is 25.7 Å². The first-order valence-electron chi connectivity index (χ1n) is 5.66. The highest BCUT2D eigenvalue weighted by atomic mass is 19.1. The first kappa shape index (κ1) is 12.9. The summed E-state index contributed by atoms with van der Waals surface area (Å²) in [6.07, 6.45) is 4.85. The number of rotatable bonds is 1. The van der Waals surface area contributed by atoms with Crippen molar-refractivity contribution in [3.05, 3.63) is 0 Å². The Hall–Kier alpha value is -0.0700. The van der Waals surface area contributed by atoms with E-state index in [1.54, 1.807) is 6.92 Å². The van der Waals surface area contributed by atoms with E-state index in [1.165, 1.54) is 6.42 Å². The molecule has 0 aliphatic heterocycles. The van der Waals surface area contributed by atoms with E-state index in [0.29, 0.717) is 5.41 Å². The highest BCUT2D eigenvalue weighted by molar-refractivity contribution is 4.87. The van der Waals surface area contributed by atoms with Crippen molar-refractivity contribution in [1.29, 1.82) is 0 Å². The van der Waals surface area contributed by atoms with Crippen LogP contribution in [0.3, 0.4) is 0 Å². The quantitative estimate of drug-likeness (QED) is 0.558. The van der Waals surface area contributed by atoms with Crippen LogP contribution in [0, 0.1) is 5.41 Å². The first-order valence-corrected chi connectivity index (χ1v) is 5.66. The second kappa shape index (κ2) is 4.97.